The third kappa shape index (κ3) is 3.25. The molecule has 0 aliphatic carbocycles. The number of hydrogen-bond donors (Lipinski definition) is 3. The minimum Gasteiger partial charge on any atom is -0.478 e. The zero-order chi connectivity index (χ0) is 21.4. The van der Waals surface area contributed by atoms with E-state index in [1.165, 1.54) is 4.68 Å². The lowest BCUT2D eigenvalue weighted by Crippen LogP contribution is -2.28. The summed E-state index contributed by atoms with van der Waals surface area (Å²) in [6.07, 6.45) is 0. The monoisotopic (exact) mass is 417 g/mol. The molecule has 0 fully saturated rings. The van der Waals surface area contributed by atoms with Gasteiger partial charge in [0.2, 0.25) is 5.95 Å². The molecule has 1 aliphatic heterocycles. The molecule has 2 aromatic carbocycles. The molecule has 3 heterocycles. The van der Waals surface area contributed by atoms with Crippen LogP contribution in [-0.2, 0) is 4.79 Å². The van der Waals surface area contributed by atoms with E-state index >= 15 is 0 Å². The van der Waals surface area contributed by atoms with Crippen molar-refractivity contribution in [3.05, 3.63) is 65.4 Å². The van der Waals surface area contributed by atoms with Crippen LogP contribution in [0.1, 0.15) is 18.5 Å². The molecule has 1 atom stereocenters. The van der Waals surface area contributed by atoms with Gasteiger partial charge in [0.05, 0.1) is 5.57 Å². The first-order chi connectivity index (χ1) is 15.1. The molecule has 1 unspecified atom stereocenters. The molecular formula is C19H15N9O3. The minimum atomic E-state index is -1.07. The van der Waals surface area contributed by atoms with Gasteiger partial charge in [0, 0.05) is 16.8 Å². The highest BCUT2D eigenvalue weighted by molar-refractivity contribution is 5.91. The number of rotatable bonds is 5. The second-order valence-corrected chi connectivity index (χ2v) is 6.73. The Morgan fingerprint density at radius 2 is 1.90 bits per heavy atom. The molecule has 5 rings (SSSR count). The summed E-state index contributed by atoms with van der Waals surface area (Å²) in [6, 6.07) is 13.6. The highest BCUT2D eigenvalue weighted by Gasteiger charge is 2.35. The van der Waals surface area contributed by atoms with Crippen LogP contribution in [-0.4, -0.2) is 51.9 Å². The van der Waals surface area contributed by atoms with E-state index in [0.29, 0.717) is 34.5 Å². The van der Waals surface area contributed by atoms with Crippen LogP contribution in [0.15, 0.2) is 59.8 Å². The minimum absolute atomic E-state index is 0.129. The van der Waals surface area contributed by atoms with E-state index in [2.05, 4.69) is 41.5 Å². The molecule has 0 amide bonds. The summed E-state index contributed by atoms with van der Waals surface area (Å²) >= 11 is 0. The number of benzene rings is 2. The van der Waals surface area contributed by atoms with E-state index < -0.39 is 12.0 Å². The maximum Gasteiger partial charge on any atom is 0.335 e. The lowest BCUT2D eigenvalue weighted by atomic mass is 9.95. The Morgan fingerprint density at radius 1 is 1.10 bits per heavy atom. The molecule has 2 aromatic heterocycles. The molecule has 0 radical (unpaired) electrons. The highest BCUT2D eigenvalue weighted by atomic mass is 16.5. The van der Waals surface area contributed by atoms with Gasteiger partial charge in [-0.1, -0.05) is 23.3 Å². The summed E-state index contributed by atoms with van der Waals surface area (Å²) in [4.78, 5) is 12.1. The van der Waals surface area contributed by atoms with E-state index in [-0.39, 0.29) is 5.57 Å². The van der Waals surface area contributed by atoms with Gasteiger partial charge in [0.15, 0.2) is 5.82 Å². The first-order valence-corrected chi connectivity index (χ1v) is 9.21. The number of nitrogens with zero attached hydrogens (tertiary/aromatic N) is 7. The van der Waals surface area contributed by atoms with Gasteiger partial charge in [-0.05, 0) is 58.1 Å². The van der Waals surface area contributed by atoms with Crippen LogP contribution in [0.25, 0.3) is 11.4 Å². The van der Waals surface area contributed by atoms with Crippen molar-refractivity contribution in [1.29, 1.82) is 0 Å². The molecule has 4 aromatic rings. The van der Waals surface area contributed by atoms with Crippen molar-refractivity contribution in [3.63, 3.8) is 0 Å². The average Bonchev–Trinajstić information content (AvgIpc) is 3.46. The largest absolute Gasteiger partial charge is 0.478 e. The summed E-state index contributed by atoms with van der Waals surface area (Å²) in [7, 11) is 0. The number of para-hydroxylation sites is 1. The predicted molar refractivity (Wildman–Crippen MR) is 106 cm³/mol. The third-order valence-corrected chi connectivity index (χ3v) is 4.86. The SMILES string of the molecule is CC1=C(C(=O)O)C(c2ccccc2Oc2ccc(-c3nnn[nH]3)cc2)n2nnnc2N1. The Kier molecular flexibility index (Phi) is 4.36. The van der Waals surface area contributed by atoms with E-state index in [9.17, 15) is 9.90 Å². The summed E-state index contributed by atoms with van der Waals surface area (Å²) in [5, 5.41) is 38.1. The number of hydrogen-bond acceptors (Lipinski definition) is 9. The Labute approximate surface area is 174 Å². The molecule has 154 valence electrons. The Morgan fingerprint density at radius 3 is 2.65 bits per heavy atom. The topological polar surface area (TPSA) is 157 Å². The Bertz CT molecular complexity index is 1280. The maximum atomic E-state index is 12.1. The van der Waals surface area contributed by atoms with Crippen LogP contribution in [0, 0.1) is 0 Å². The summed E-state index contributed by atoms with van der Waals surface area (Å²) < 4.78 is 7.54. The number of carboxylic acids is 1. The lowest BCUT2D eigenvalue weighted by Gasteiger charge is -2.27. The fourth-order valence-corrected chi connectivity index (χ4v) is 3.47. The number of H-pyrrole nitrogens is 1. The molecule has 31 heavy (non-hydrogen) atoms. The van der Waals surface area contributed by atoms with Crippen molar-refractivity contribution in [2.45, 2.75) is 13.0 Å². The number of anilines is 1. The van der Waals surface area contributed by atoms with Crippen LogP contribution in [0.4, 0.5) is 5.95 Å². The Balaban J connectivity index is 1.53. The van der Waals surface area contributed by atoms with Gasteiger partial charge in [-0.15, -0.1) is 5.10 Å². The molecule has 12 nitrogen and oxygen atoms in total. The van der Waals surface area contributed by atoms with Gasteiger partial charge in [-0.3, -0.25) is 0 Å². The van der Waals surface area contributed by atoms with Crippen molar-refractivity contribution in [1.82, 2.24) is 40.8 Å². The second-order valence-electron chi connectivity index (χ2n) is 6.73. The molecule has 0 bridgehead atoms. The number of allylic oxidation sites excluding steroid dienone is 1. The molecule has 12 heteroatoms. The van der Waals surface area contributed by atoms with Gasteiger partial charge in [-0.25, -0.2) is 9.89 Å². The number of fused-ring (bicyclic) bond motifs is 1. The van der Waals surface area contributed by atoms with Crippen LogP contribution >= 0.6 is 0 Å². The zero-order valence-electron chi connectivity index (χ0n) is 16.1. The number of ether oxygens (including phenoxy) is 1. The van der Waals surface area contributed by atoms with Crippen LogP contribution in [0.2, 0.25) is 0 Å². The fraction of sp³-hybridized carbons (Fsp3) is 0.105. The normalized spacial score (nSPS) is 15.3. The molecule has 0 saturated carbocycles. The smallest absolute Gasteiger partial charge is 0.335 e. The van der Waals surface area contributed by atoms with Crippen molar-refractivity contribution in [2.24, 2.45) is 0 Å². The molecule has 0 saturated heterocycles. The zero-order valence-corrected chi connectivity index (χ0v) is 16.1. The van der Waals surface area contributed by atoms with Gasteiger partial charge < -0.3 is 15.2 Å². The van der Waals surface area contributed by atoms with Gasteiger partial charge in [0.1, 0.15) is 17.5 Å². The fourth-order valence-electron chi connectivity index (χ4n) is 3.47. The number of carboxylic acid groups (broad SMARTS) is 1. The summed E-state index contributed by atoms with van der Waals surface area (Å²) in [5.74, 6) is 0.867. The molecule has 0 spiro atoms. The van der Waals surface area contributed by atoms with Gasteiger partial charge in [-0.2, -0.15) is 4.68 Å². The molecular weight excluding hydrogens is 402 g/mol. The van der Waals surface area contributed by atoms with Crippen molar-refractivity contribution < 1.29 is 14.6 Å². The van der Waals surface area contributed by atoms with E-state index in [1.807, 2.05) is 24.3 Å². The van der Waals surface area contributed by atoms with E-state index in [1.54, 1.807) is 31.2 Å². The van der Waals surface area contributed by atoms with Crippen molar-refractivity contribution in [2.75, 3.05) is 5.32 Å². The Hall–Kier alpha value is -4.61. The average molecular weight is 417 g/mol. The van der Waals surface area contributed by atoms with Crippen LogP contribution < -0.4 is 10.1 Å². The van der Waals surface area contributed by atoms with Crippen molar-refractivity contribution >= 4 is 11.9 Å². The number of carbonyl (C=O) groups is 1. The summed E-state index contributed by atoms with van der Waals surface area (Å²) in [6.45, 7) is 1.68. The van der Waals surface area contributed by atoms with E-state index in [0.717, 1.165) is 5.56 Å². The number of tetrazole rings is 2. The summed E-state index contributed by atoms with van der Waals surface area (Å²) in [5.41, 5.74) is 2.00. The molecule has 1 aliphatic rings. The van der Waals surface area contributed by atoms with Gasteiger partial charge >= 0.3 is 5.97 Å². The van der Waals surface area contributed by atoms with Gasteiger partial charge in [0.25, 0.3) is 0 Å². The first kappa shape index (κ1) is 18.4. The maximum absolute atomic E-state index is 12.1. The highest BCUT2D eigenvalue weighted by Crippen LogP contribution is 2.39. The lowest BCUT2D eigenvalue weighted by molar-refractivity contribution is -0.133. The number of aromatic amines is 1. The standard InChI is InChI=1S/C19H15N9O3/c1-10-15(18(29)30)16(28-19(20-10)23-26-27-28)13-4-2-3-5-14(13)31-12-8-6-11(7-9-12)17-21-24-25-22-17/h2-9,16H,1H3,(H,29,30)(H,20,23,27)(H,21,22,24,25). The van der Waals surface area contributed by atoms with Crippen LogP contribution in [0.3, 0.4) is 0 Å². The first-order valence-electron chi connectivity index (χ1n) is 9.21. The molecule has 3 N–H and O–H groups in total. The number of aliphatic carboxylic acids is 1. The number of nitrogens with one attached hydrogen (secondary N) is 2. The quantitative estimate of drug-likeness (QED) is 0.439. The predicted octanol–water partition coefficient (Wildman–Crippen LogP) is 2.02. The second kappa shape index (κ2) is 7.33. The van der Waals surface area contributed by atoms with Crippen LogP contribution in [0.5, 0.6) is 11.5 Å². The third-order valence-electron chi connectivity index (χ3n) is 4.86. The van der Waals surface area contributed by atoms with Crippen molar-refractivity contribution in [3.8, 4) is 22.9 Å². The van der Waals surface area contributed by atoms with E-state index in [4.69, 9.17) is 4.74 Å². The number of aromatic nitrogens is 8.